The van der Waals surface area contributed by atoms with Gasteiger partial charge in [-0.1, -0.05) is 0 Å². The molecule has 0 aliphatic heterocycles. The van der Waals surface area contributed by atoms with Gasteiger partial charge in [-0.25, -0.2) is 0 Å². The van der Waals surface area contributed by atoms with Crippen molar-refractivity contribution in [3.05, 3.63) is 36.5 Å². The van der Waals surface area contributed by atoms with Crippen molar-refractivity contribution >= 4 is 0 Å². The number of rotatable bonds is 3. The molecule has 0 unspecified atom stereocenters. The molecule has 0 aliphatic carbocycles. The zero-order chi connectivity index (χ0) is 11.5. The zero-order valence-electron chi connectivity index (χ0n) is 9.65. The topological polar surface area (TPSA) is 23.4 Å². The number of hydrogen-bond acceptors (Lipinski definition) is 2. The fourth-order valence-corrected chi connectivity index (χ4v) is 1.68. The maximum absolute atomic E-state index is 5.34. The first-order valence-electron chi connectivity index (χ1n) is 5.01. The molecule has 0 bridgehead atoms. The van der Waals surface area contributed by atoms with Crippen LogP contribution in [0.1, 0.15) is 0 Å². The van der Waals surface area contributed by atoms with Gasteiger partial charge in [0.05, 0.1) is 19.9 Å². The lowest BCUT2D eigenvalue weighted by molar-refractivity contribution is 0.404. The molecule has 0 fully saturated rings. The third-order valence-electron chi connectivity index (χ3n) is 2.55. The number of aryl methyl sites for hydroxylation is 1. The van der Waals surface area contributed by atoms with E-state index in [0.717, 1.165) is 22.8 Å². The van der Waals surface area contributed by atoms with E-state index in [4.69, 9.17) is 9.47 Å². The number of methoxy groups -OCH3 is 2. The van der Waals surface area contributed by atoms with Crippen LogP contribution in [0.2, 0.25) is 0 Å². The SMILES string of the molecule is COc1ccc(OC)c(-c2c[c]cn2C)c1. The fraction of sp³-hybridized carbons (Fsp3) is 0.231. The van der Waals surface area contributed by atoms with Crippen molar-refractivity contribution in [3.63, 3.8) is 0 Å². The summed E-state index contributed by atoms with van der Waals surface area (Å²) >= 11 is 0. The quantitative estimate of drug-likeness (QED) is 0.787. The van der Waals surface area contributed by atoms with Gasteiger partial charge in [0, 0.05) is 24.9 Å². The molecule has 0 N–H and O–H groups in total. The van der Waals surface area contributed by atoms with Gasteiger partial charge in [-0.2, -0.15) is 0 Å². The molecule has 0 aliphatic rings. The first-order chi connectivity index (χ1) is 7.76. The number of ether oxygens (including phenoxy) is 2. The summed E-state index contributed by atoms with van der Waals surface area (Å²) in [6.07, 6.45) is 1.88. The average Bonchev–Trinajstić information content (AvgIpc) is 2.74. The first-order valence-corrected chi connectivity index (χ1v) is 5.01. The van der Waals surface area contributed by atoms with Crippen LogP contribution in [-0.4, -0.2) is 18.8 Å². The van der Waals surface area contributed by atoms with Crippen LogP contribution in [0.4, 0.5) is 0 Å². The van der Waals surface area contributed by atoms with E-state index in [1.807, 2.05) is 42.1 Å². The minimum Gasteiger partial charge on any atom is -0.497 e. The highest BCUT2D eigenvalue weighted by Crippen LogP contribution is 2.33. The highest BCUT2D eigenvalue weighted by atomic mass is 16.5. The summed E-state index contributed by atoms with van der Waals surface area (Å²) < 4.78 is 12.6. The Balaban J connectivity index is 2.57. The third kappa shape index (κ3) is 1.76. The predicted octanol–water partition coefficient (Wildman–Crippen LogP) is 2.51. The van der Waals surface area contributed by atoms with Crippen LogP contribution in [0.3, 0.4) is 0 Å². The molecule has 3 heteroatoms. The van der Waals surface area contributed by atoms with Crippen LogP contribution in [0, 0.1) is 6.07 Å². The number of benzene rings is 1. The summed E-state index contributed by atoms with van der Waals surface area (Å²) in [6.45, 7) is 0. The van der Waals surface area contributed by atoms with Gasteiger partial charge < -0.3 is 14.0 Å². The molecule has 1 aromatic heterocycles. The van der Waals surface area contributed by atoms with E-state index in [2.05, 4.69) is 6.07 Å². The van der Waals surface area contributed by atoms with Crippen molar-refractivity contribution < 1.29 is 9.47 Å². The monoisotopic (exact) mass is 216 g/mol. The number of aromatic nitrogens is 1. The summed E-state index contributed by atoms with van der Waals surface area (Å²) in [6, 6.07) is 10.7. The van der Waals surface area contributed by atoms with E-state index < -0.39 is 0 Å². The lowest BCUT2D eigenvalue weighted by Crippen LogP contribution is -1.94. The maximum Gasteiger partial charge on any atom is 0.128 e. The predicted molar refractivity (Wildman–Crippen MR) is 62.8 cm³/mol. The fourth-order valence-electron chi connectivity index (χ4n) is 1.68. The Bertz CT molecular complexity index is 488. The molecule has 2 rings (SSSR count). The maximum atomic E-state index is 5.34. The van der Waals surface area contributed by atoms with Crippen molar-refractivity contribution in [2.24, 2.45) is 7.05 Å². The molecule has 0 amide bonds. The van der Waals surface area contributed by atoms with Crippen LogP contribution in [0.25, 0.3) is 11.3 Å². The van der Waals surface area contributed by atoms with Crippen molar-refractivity contribution in [2.75, 3.05) is 14.2 Å². The summed E-state index contributed by atoms with van der Waals surface area (Å²) in [5.41, 5.74) is 2.06. The number of nitrogens with zero attached hydrogens (tertiary/aromatic N) is 1. The van der Waals surface area contributed by atoms with Crippen molar-refractivity contribution in [3.8, 4) is 22.8 Å². The van der Waals surface area contributed by atoms with Crippen LogP contribution >= 0.6 is 0 Å². The molecule has 1 radical (unpaired) electrons. The van der Waals surface area contributed by atoms with Crippen molar-refractivity contribution in [2.45, 2.75) is 0 Å². The van der Waals surface area contributed by atoms with Gasteiger partial charge in [0.1, 0.15) is 11.5 Å². The molecule has 83 valence electrons. The normalized spacial score (nSPS) is 10.2. The average molecular weight is 216 g/mol. The Hall–Kier alpha value is -1.90. The van der Waals surface area contributed by atoms with E-state index in [-0.39, 0.29) is 0 Å². The highest BCUT2D eigenvalue weighted by molar-refractivity contribution is 5.69. The Morgan fingerprint density at radius 3 is 2.56 bits per heavy atom. The molecule has 0 saturated heterocycles. The van der Waals surface area contributed by atoms with Crippen molar-refractivity contribution in [1.82, 2.24) is 4.57 Å². The third-order valence-corrected chi connectivity index (χ3v) is 2.55. The van der Waals surface area contributed by atoms with Crippen LogP contribution in [0.15, 0.2) is 30.5 Å². The highest BCUT2D eigenvalue weighted by Gasteiger charge is 2.09. The molecule has 16 heavy (non-hydrogen) atoms. The van der Waals surface area contributed by atoms with E-state index in [1.165, 1.54) is 0 Å². The minimum atomic E-state index is 0.817. The van der Waals surface area contributed by atoms with E-state index in [9.17, 15) is 0 Å². The van der Waals surface area contributed by atoms with E-state index in [1.54, 1.807) is 14.2 Å². The van der Waals surface area contributed by atoms with Gasteiger partial charge in [0.25, 0.3) is 0 Å². The summed E-state index contributed by atoms with van der Waals surface area (Å²) in [7, 11) is 5.30. The number of hydrogen-bond donors (Lipinski definition) is 0. The van der Waals surface area contributed by atoms with E-state index in [0.29, 0.717) is 0 Å². The van der Waals surface area contributed by atoms with Gasteiger partial charge in [-0.3, -0.25) is 0 Å². The Morgan fingerprint density at radius 1 is 1.19 bits per heavy atom. The minimum absolute atomic E-state index is 0.817. The Morgan fingerprint density at radius 2 is 2.00 bits per heavy atom. The molecule has 0 saturated carbocycles. The van der Waals surface area contributed by atoms with Gasteiger partial charge in [0.15, 0.2) is 0 Å². The summed E-state index contributed by atoms with van der Waals surface area (Å²) in [5, 5.41) is 0. The molecular weight excluding hydrogens is 202 g/mol. The van der Waals surface area contributed by atoms with Gasteiger partial charge in [0.2, 0.25) is 0 Å². The molecular formula is C13H14NO2. The molecule has 1 heterocycles. The second-order valence-electron chi connectivity index (χ2n) is 3.50. The molecule has 0 spiro atoms. The van der Waals surface area contributed by atoms with Gasteiger partial charge >= 0.3 is 0 Å². The standard InChI is InChI=1S/C13H14NO2/c1-14-8-4-5-12(14)11-9-10(15-2)6-7-13(11)16-3/h5-9H,1-3H3. The van der Waals surface area contributed by atoms with Crippen LogP contribution < -0.4 is 9.47 Å². The smallest absolute Gasteiger partial charge is 0.128 e. The Kier molecular flexibility index (Phi) is 2.86. The zero-order valence-corrected chi connectivity index (χ0v) is 9.65. The second kappa shape index (κ2) is 4.31. The first kappa shape index (κ1) is 10.6. The summed E-state index contributed by atoms with van der Waals surface area (Å²) in [4.78, 5) is 0. The van der Waals surface area contributed by atoms with Crippen LogP contribution in [-0.2, 0) is 7.05 Å². The summed E-state index contributed by atoms with van der Waals surface area (Å²) in [5.74, 6) is 1.65. The second-order valence-corrected chi connectivity index (χ2v) is 3.50. The largest absolute Gasteiger partial charge is 0.497 e. The Labute approximate surface area is 95.2 Å². The van der Waals surface area contributed by atoms with Gasteiger partial charge in [-0.05, 0) is 24.3 Å². The van der Waals surface area contributed by atoms with Crippen molar-refractivity contribution in [1.29, 1.82) is 0 Å². The van der Waals surface area contributed by atoms with Gasteiger partial charge in [-0.15, -0.1) is 0 Å². The molecule has 0 atom stereocenters. The van der Waals surface area contributed by atoms with Crippen LogP contribution in [0.5, 0.6) is 11.5 Å². The van der Waals surface area contributed by atoms with E-state index >= 15 is 0 Å². The molecule has 1 aromatic carbocycles. The lowest BCUT2D eigenvalue weighted by atomic mass is 10.1. The lowest BCUT2D eigenvalue weighted by Gasteiger charge is -2.11. The molecule has 2 aromatic rings. The molecule has 3 nitrogen and oxygen atoms in total.